The zero-order valence-electron chi connectivity index (χ0n) is 16.0. The summed E-state index contributed by atoms with van der Waals surface area (Å²) >= 11 is 1.61. The summed E-state index contributed by atoms with van der Waals surface area (Å²) in [6.07, 6.45) is 5.95. The molecule has 0 unspecified atom stereocenters. The summed E-state index contributed by atoms with van der Waals surface area (Å²) in [6, 6.07) is 8.44. The summed E-state index contributed by atoms with van der Waals surface area (Å²) in [5, 5.41) is 6.00. The Bertz CT molecular complexity index is 783. The largest absolute Gasteiger partial charge is 0.487 e. The maximum absolute atomic E-state index is 12.1. The lowest BCUT2D eigenvalue weighted by atomic mass is 10.2. The molecule has 0 aliphatic heterocycles. The van der Waals surface area contributed by atoms with Crippen LogP contribution in [0.4, 0.5) is 0 Å². The summed E-state index contributed by atoms with van der Waals surface area (Å²) in [7, 11) is 0. The minimum Gasteiger partial charge on any atom is -0.487 e. The molecule has 1 fully saturated rings. The highest BCUT2D eigenvalue weighted by atomic mass is 32.1. The molecule has 1 saturated carbocycles. The van der Waals surface area contributed by atoms with Crippen molar-refractivity contribution in [2.24, 2.45) is 0 Å². The zero-order chi connectivity index (χ0) is 19.1. The molecule has 2 aromatic rings. The van der Waals surface area contributed by atoms with Crippen LogP contribution in [0, 0.1) is 6.92 Å². The molecule has 1 N–H and O–H groups in total. The summed E-state index contributed by atoms with van der Waals surface area (Å²) in [5.41, 5.74) is 1.80. The second-order valence-corrected chi connectivity index (χ2v) is 7.73. The maximum atomic E-state index is 12.1. The number of hydrogen-bond acceptors (Lipinski definition) is 5. The van der Waals surface area contributed by atoms with Crippen molar-refractivity contribution in [1.29, 1.82) is 0 Å². The molecule has 1 aliphatic rings. The molecule has 1 heterocycles. The molecular formula is C21H27N3O2S. The van der Waals surface area contributed by atoms with Crippen LogP contribution in [0.15, 0.2) is 35.7 Å². The van der Waals surface area contributed by atoms with Crippen LogP contribution >= 0.6 is 11.3 Å². The van der Waals surface area contributed by atoms with Gasteiger partial charge in [-0.25, -0.2) is 4.98 Å². The first-order valence-corrected chi connectivity index (χ1v) is 10.4. The van der Waals surface area contributed by atoms with E-state index in [1.165, 1.54) is 12.8 Å². The van der Waals surface area contributed by atoms with Gasteiger partial charge in [-0.2, -0.15) is 0 Å². The van der Waals surface area contributed by atoms with Crippen molar-refractivity contribution in [2.45, 2.75) is 39.3 Å². The predicted molar refractivity (Wildman–Crippen MR) is 110 cm³/mol. The number of ether oxygens (including phenoxy) is 1. The number of carbonyl (C=O) groups is 1. The van der Waals surface area contributed by atoms with E-state index in [4.69, 9.17) is 4.74 Å². The number of carbonyl (C=O) groups excluding carboxylic acids is 1. The Hall–Kier alpha value is -2.18. The van der Waals surface area contributed by atoms with Gasteiger partial charge in [0.25, 0.3) is 0 Å². The number of nitrogens with one attached hydrogen (secondary N) is 1. The molecular weight excluding hydrogens is 358 g/mol. The number of aryl methyl sites for hydroxylation is 1. The summed E-state index contributed by atoms with van der Waals surface area (Å²) < 4.78 is 5.88. The maximum Gasteiger partial charge on any atom is 0.244 e. The Labute approximate surface area is 165 Å². The second kappa shape index (κ2) is 9.67. The van der Waals surface area contributed by atoms with E-state index >= 15 is 0 Å². The molecule has 27 heavy (non-hydrogen) atoms. The number of likely N-dealkylation sites (N-methyl/N-ethyl adjacent to an activating group) is 1. The average Bonchev–Trinajstić information content (AvgIpc) is 3.43. The van der Waals surface area contributed by atoms with E-state index < -0.39 is 0 Å². The van der Waals surface area contributed by atoms with Crippen molar-refractivity contribution in [1.82, 2.24) is 15.2 Å². The first-order valence-electron chi connectivity index (χ1n) is 9.48. The van der Waals surface area contributed by atoms with Crippen LogP contribution in [0.3, 0.4) is 0 Å². The van der Waals surface area contributed by atoms with Gasteiger partial charge in [0.15, 0.2) is 0 Å². The Morgan fingerprint density at radius 2 is 2.22 bits per heavy atom. The lowest BCUT2D eigenvalue weighted by Crippen LogP contribution is -2.35. The van der Waals surface area contributed by atoms with Gasteiger partial charge in [-0.05, 0) is 38.5 Å². The molecule has 5 nitrogen and oxygen atoms in total. The smallest absolute Gasteiger partial charge is 0.244 e. The Morgan fingerprint density at radius 3 is 2.93 bits per heavy atom. The van der Waals surface area contributed by atoms with E-state index in [0.717, 1.165) is 41.1 Å². The van der Waals surface area contributed by atoms with Crippen LogP contribution < -0.4 is 10.1 Å². The van der Waals surface area contributed by atoms with Crippen LogP contribution in [0.2, 0.25) is 0 Å². The van der Waals surface area contributed by atoms with Crippen LogP contribution in [0.25, 0.3) is 6.08 Å². The molecule has 0 bridgehead atoms. The monoisotopic (exact) mass is 385 g/mol. The average molecular weight is 386 g/mol. The Morgan fingerprint density at radius 1 is 1.41 bits per heavy atom. The molecule has 0 saturated heterocycles. The fraction of sp³-hybridized carbons (Fsp3) is 0.429. The van der Waals surface area contributed by atoms with Crippen molar-refractivity contribution in [2.75, 3.05) is 19.6 Å². The van der Waals surface area contributed by atoms with E-state index in [1.54, 1.807) is 23.5 Å². The van der Waals surface area contributed by atoms with Crippen molar-refractivity contribution >= 4 is 23.3 Å². The molecule has 0 radical (unpaired) electrons. The quantitative estimate of drug-likeness (QED) is 0.635. The normalized spacial score (nSPS) is 14.0. The van der Waals surface area contributed by atoms with Crippen LogP contribution in [0.1, 0.15) is 36.0 Å². The van der Waals surface area contributed by atoms with Crippen molar-refractivity contribution < 1.29 is 9.53 Å². The van der Waals surface area contributed by atoms with Gasteiger partial charge < -0.3 is 10.1 Å². The van der Waals surface area contributed by atoms with Crippen molar-refractivity contribution in [3.8, 4) is 5.75 Å². The number of rotatable bonds is 10. The summed E-state index contributed by atoms with van der Waals surface area (Å²) in [4.78, 5) is 18.9. The third-order valence-corrected chi connectivity index (χ3v) is 5.37. The lowest BCUT2D eigenvalue weighted by molar-refractivity contribution is -0.116. The number of aromatic nitrogens is 1. The van der Waals surface area contributed by atoms with Gasteiger partial charge in [0.2, 0.25) is 5.91 Å². The van der Waals surface area contributed by atoms with Gasteiger partial charge in [0.05, 0.1) is 10.7 Å². The Balaban J connectivity index is 1.49. The summed E-state index contributed by atoms with van der Waals surface area (Å²) in [5.74, 6) is 0.671. The molecule has 144 valence electrons. The molecule has 1 aromatic carbocycles. The lowest BCUT2D eigenvalue weighted by Gasteiger charge is -2.19. The highest BCUT2D eigenvalue weighted by Crippen LogP contribution is 2.25. The van der Waals surface area contributed by atoms with Crippen LogP contribution in [-0.2, 0) is 11.4 Å². The molecule has 0 atom stereocenters. The topological polar surface area (TPSA) is 54.5 Å². The third-order valence-electron chi connectivity index (χ3n) is 4.54. The minimum absolute atomic E-state index is 0.0771. The molecule has 3 rings (SSSR count). The Kier molecular flexibility index (Phi) is 7.01. The van der Waals surface area contributed by atoms with E-state index in [-0.39, 0.29) is 5.91 Å². The van der Waals surface area contributed by atoms with E-state index in [1.807, 2.05) is 36.6 Å². The molecule has 6 heteroatoms. The number of nitrogens with zero attached hydrogens (tertiary/aromatic N) is 2. The van der Waals surface area contributed by atoms with E-state index in [2.05, 4.69) is 22.1 Å². The van der Waals surface area contributed by atoms with Gasteiger partial charge >= 0.3 is 0 Å². The number of para-hydroxylation sites is 1. The van der Waals surface area contributed by atoms with Crippen molar-refractivity contribution in [3.63, 3.8) is 0 Å². The molecule has 0 spiro atoms. The first kappa shape index (κ1) is 19.6. The van der Waals surface area contributed by atoms with E-state index in [0.29, 0.717) is 13.2 Å². The van der Waals surface area contributed by atoms with E-state index in [9.17, 15) is 4.79 Å². The number of benzene rings is 1. The molecule has 1 aliphatic carbocycles. The first-order chi connectivity index (χ1) is 13.2. The van der Waals surface area contributed by atoms with Gasteiger partial charge in [-0.15, -0.1) is 11.3 Å². The van der Waals surface area contributed by atoms with Gasteiger partial charge in [-0.3, -0.25) is 9.69 Å². The number of hydrogen-bond donors (Lipinski definition) is 1. The van der Waals surface area contributed by atoms with Gasteiger partial charge in [0, 0.05) is 36.2 Å². The summed E-state index contributed by atoms with van der Waals surface area (Å²) in [6.45, 7) is 7.20. The highest BCUT2D eigenvalue weighted by Gasteiger charge is 2.27. The molecule has 1 amide bonds. The second-order valence-electron chi connectivity index (χ2n) is 6.67. The van der Waals surface area contributed by atoms with Crippen LogP contribution in [-0.4, -0.2) is 41.5 Å². The van der Waals surface area contributed by atoms with Gasteiger partial charge in [-0.1, -0.05) is 25.1 Å². The molecule has 1 aromatic heterocycles. The van der Waals surface area contributed by atoms with Crippen LogP contribution in [0.5, 0.6) is 5.75 Å². The number of thiazole rings is 1. The standard InChI is InChI=1S/C21H27N3O2S/c1-3-24(19-9-10-19)13-12-22-21(25)11-8-17-6-4-5-7-20(17)26-14-18-15-27-16(2)23-18/h4-8,11,15,19H,3,9-10,12-14H2,1-2H3,(H,22,25). The third kappa shape index (κ3) is 6.19. The van der Waals surface area contributed by atoms with Crippen molar-refractivity contribution in [3.05, 3.63) is 52.0 Å². The SMILES string of the molecule is CCN(CCNC(=O)C=Cc1ccccc1OCc1csc(C)n1)C1CC1. The van der Waals surface area contributed by atoms with Gasteiger partial charge in [0.1, 0.15) is 12.4 Å². The highest BCUT2D eigenvalue weighted by molar-refractivity contribution is 7.09. The minimum atomic E-state index is -0.0771. The fourth-order valence-corrected chi connectivity index (χ4v) is 3.56. The zero-order valence-corrected chi connectivity index (χ0v) is 16.8. The predicted octanol–water partition coefficient (Wildman–Crippen LogP) is 3.64. The fourth-order valence-electron chi connectivity index (χ4n) is 2.96. The number of amides is 1.